The van der Waals surface area contributed by atoms with Gasteiger partial charge in [-0.2, -0.15) is 0 Å². The van der Waals surface area contributed by atoms with Gasteiger partial charge >= 0.3 is 0 Å². The van der Waals surface area contributed by atoms with Gasteiger partial charge in [0.05, 0.1) is 12.4 Å². The van der Waals surface area contributed by atoms with Crippen molar-refractivity contribution in [1.82, 2.24) is 0 Å². The average Bonchev–Trinajstić information content (AvgIpc) is 2.37. The lowest BCUT2D eigenvalue weighted by molar-refractivity contribution is -0.150. The Bertz CT molecular complexity index is 476. The maximum Gasteiger partial charge on any atom is 0.191 e. The Labute approximate surface area is 112 Å². The standard InChI is InChI=1S/C15H18O4/c1-11-10-13(16)14(19-9-8-18-11)15(2,17)12-6-4-3-5-7-12/h3-7,10,14,17H,8-9H2,1-2H3/b11-10-/t14-,15-/m1/s1. The van der Waals surface area contributed by atoms with E-state index in [0.29, 0.717) is 17.9 Å². The molecule has 1 N–H and O–H groups in total. The summed E-state index contributed by atoms with van der Waals surface area (Å²) in [6.07, 6.45) is 0.454. The first-order valence-electron chi connectivity index (χ1n) is 6.26. The molecule has 1 heterocycles. The second-order valence-electron chi connectivity index (χ2n) is 4.77. The van der Waals surface area contributed by atoms with Crippen molar-refractivity contribution in [3.8, 4) is 0 Å². The highest BCUT2D eigenvalue weighted by Gasteiger charge is 2.39. The molecule has 2 atom stereocenters. The van der Waals surface area contributed by atoms with Crippen molar-refractivity contribution in [3.63, 3.8) is 0 Å². The third kappa shape index (κ3) is 3.03. The third-order valence-electron chi connectivity index (χ3n) is 3.17. The summed E-state index contributed by atoms with van der Waals surface area (Å²) in [5.74, 6) is 0.258. The normalized spacial score (nSPS) is 26.4. The highest BCUT2D eigenvalue weighted by molar-refractivity contribution is 5.95. The number of ketones is 1. The first kappa shape index (κ1) is 13.8. The van der Waals surface area contributed by atoms with Crippen LogP contribution >= 0.6 is 0 Å². The van der Waals surface area contributed by atoms with E-state index in [0.717, 1.165) is 0 Å². The van der Waals surface area contributed by atoms with E-state index in [2.05, 4.69) is 0 Å². The van der Waals surface area contributed by atoms with Gasteiger partial charge in [-0.3, -0.25) is 4.79 Å². The van der Waals surface area contributed by atoms with Crippen molar-refractivity contribution < 1.29 is 19.4 Å². The summed E-state index contributed by atoms with van der Waals surface area (Å²) in [7, 11) is 0. The van der Waals surface area contributed by atoms with Crippen LogP contribution in [-0.2, 0) is 19.9 Å². The molecule has 4 heteroatoms. The fourth-order valence-corrected chi connectivity index (χ4v) is 2.13. The Morgan fingerprint density at radius 1 is 1.26 bits per heavy atom. The molecule has 0 amide bonds. The number of hydrogen-bond acceptors (Lipinski definition) is 4. The molecule has 1 aromatic rings. The number of allylic oxidation sites excluding steroid dienone is 1. The van der Waals surface area contributed by atoms with Crippen molar-refractivity contribution in [2.24, 2.45) is 0 Å². The second kappa shape index (κ2) is 5.55. The number of benzene rings is 1. The molecule has 19 heavy (non-hydrogen) atoms. The van der Waals surface area contributed by atoms with Gasteiger partial charge in [0.25, 0.3) is 0 Å². The minimum atomic E-state index is -1.37. The van der Waals surface area contributed by atoms with Crippen LogP contribution in [0.15, 0.2) is 42.2 Å². The highest BCUT2D eigenvalue weighted by atomic mass is 16.5. The van der Waals surface area contributed by atoms with E-state index in [1.54, 1.807) is 26.0 Å². The van der Waals surface area contributed by atoms with E-state index < -0.39 is 11.7 Å². The number of ether oxygens (including phenoxy) is 2. The molecular formula is C15H18O4. The van der Waals surface area contributed by atoms with Gasteiger partial charge in [0.1, 0.15) is 12.2 Å². The average molecular weight is 262 g/mol. The van der Waals surface area contributed by atoms with Crippen molar-refractivity contribution >= 4 is 5.78 Å². The van der Waals surface area contributed by atoms with Crippen LogP contribution in [0.3, 0.4) is 0 Å². The van der Waals surface area contributed by atoms with E-state index in [9.17, 15) is 9.90 Å². The van der Waals surface area contributed by atoms with Gasteiger partial charge in [-0.15, -0.1) is 0 Å². The van der Waals surface area contributed by atoms with Gasteiger partial charge in [-0.25, -0.2) is 0 Å². The van der Waals surface area contributed by atoms with Crippen molar-refractivity contribution in [2.45, 2.75) is 25.6 Å². The zero-order valence-electron chi connectivity index (χ0n) is 11.1. The zero-order valence-corrected chi connectivity index (χ0v) is 11.1. The van der Waals surface area contributed by atoms with Crippen LogP contribution in [0.5, 0.6) is 0 Å². The first-order chi connectivity index (χ1) is 9.01. The van der Waals surface area contributed by atoms with Crippen molar-refractivity contribution in [1.29, 1.82) is 0 Å². The van der Waals surface area contributed by atoms with Gasteiger partial charge in [-0.1, -0.05) is 30.3 Å². The fraction of sp³-hybridized carbons (Fsp3) is 0.400. The maximum absolute atomic E-state index is 12.2. The Hall–Kier alpha value is -1.65. The first-order valence-corrected chi connectivity index (χ1v) is 6.26. The molecule has 0 saturated carbocycles. The van der Waals surface area contributed by atoms with Gasteiger partial charge in [0.2, 0.25) is 0 Å². The van der Waals surface area contributed by atoms with Gasteiger partial charge in [0.15, 0.2) is 11.9 Å². The molecule has 1 aliphatic rings. The third-order valence-corrected chi connectivity index (χ3v) is 3.17. The molecule has 0 unspecified atom stereocenters. The predicted molar refractivity (Wildman–Crippen MR) is 70.5 cm³/mol. The molecule has 0 saturated heterocycles. The number of rotatable bonds is 2. The predicted octanol–water partition coefficient (Wildman–Crippen LogP) is 1.78. The summed E-state index contributed by atoms with van der Waals surface area (Å²) in [6.45, 7) is 3.95. The summed E-state index contributed by atoms with van der Waals surface area (Å²) in [5.41, 5.74) is -0.715. The van der Waals surface area contributed by atoms with E-state index in [4.69, 9.17) is 9.47 Å². The quantitative estimate of drug-likeness (QED) is 0.882. The van der Waals surface area contributed by atoms with E-state index in [-0.39, 0.29) is 12.4 Å². The number of carbonyl (C=O) groups is 1. The summed E-state index contributed by atoms with van der Waals surface area (Å²) in [6, 6.07) is 9.06. The fourth-order valence-electron chi connectivity index (χ4n) is 2.13. The lowest BCUT2D eigenvalue weighted by atomic mass is 9.87. The molecular weight excluding hydrogens is 244 g/mol. The Morgan fingerprint density at radius 3 is 2.63 bits per heavy atom. The molecule has 0 aliphatic carbocycles. The molecule has 2 rings (SSSR count). The Balaban J connectivity index is 2.32. The number of aliphatic hydroxyl groups is 1. The van der Waals surface area contributed by atoms with Gasteiger partial charge in [-0.05, 0) is 19.4 Å². The zero-order chi connectivity index (χ0) is 13.9. The molecule has 102 valence electrons. The molecule has 0 radical (unpaired) electrons. The van der Waals surface area contributed by atoms with E-state index >= 15 is 0 Å². The van der Waals surface area contributed by atoms with Crippen LogP contribution in [0.1, 0.15) is 19.4 Å². The SMILES string of the molecule is C/C1=C/C(=O)[C@H]([C@](C)(O)c2ccccc2)OCCO1. The minimum absolute atomic E-state index is 0.268. The van der Waals surface area contributed by atoms with Crippen molar-refractivity contribution in [3.05, 3.63) is 47.7 Å². The summed E-state index contributed by atoms with van der Waals surface area (Å²) < 4.78 is 10.7. The van der Waals surface area contributed by atoms with Crippen molar-refractivity contribution in [2.75, 3.05) is 13.2 Å². The highest BCUT2D eigenvalue weighted by Crippen LogP contribution is 2.28. The Kier molecular flexibility index (Phi) is 4.02. The second-order valence-corrected chi connectivity index (χ2v) is 4.77. The molecule has 0 spiro atoms. The minimum Gasteiger partial charge on any atom is -0.496 e. The van der Waals surface area contributed by atoms with Crippen LogP contribution < -0.4 is 0 Å². The molecule has 0 bridgehead atoms. The maximum atomic E-state index is 12.2. The molecule has 0 fully saturated rings. The topological polar surface area (TPSA) is 55.8 Å². The summed E-state index contributed by atoms with van der Waals surface area (Å²) in [5, 5.41) is 10.7. The van der Waals surface area contributed by atoms with Crippen LogP contribution in [-0.4, -0.2) is 30.2 Å². The molecule has 0 aromatic heterocycles. The largest absolute Gasteiger partial charge is 0.496 e. The smallest absolute Gasteiger partial charge is 0.191 e. The van der Waals surface area contributed by atoms with Crippen LogP contribution in [0.25, 0.3) is 0 Å². The van der Waals surface area contributed by atoms with Crippen LogP contribution in [0.2, 0.25) is 0 Å². The van der Waals surface area contributed by atoms with Gasteiger partial charge < -0.3 is 14.6 Å². The lowest BCUT2D eigenvalue weighted by Gasteiger charge is -2.32. The summed E-state index contributed by atoms with van der Waals surface area (Å²) in [4.78, 5) is 12.2. The molecule has 4 nitrogen and oxygen atoms in total. The van der Waals surface area contributed by atoms with Crippen LogP contribution in [0.4, 0.5) is 0 Å². The molecule has 1 aromatic carbocycles. The lowest BCUT2D eigenvalue weighted by Crippen LogP contribution is -2.45. The van der Waals surface area contributed by atoms with Crippen LogP contribution in [0, 0.1) is 0 Å². The van der Waals surface area contributed by atoms with Gasteiger partial charge in [0, 0.05) is 6.08 Å². The Morgan fingerprint density at radius 2 is 1.95 bits per heavy atom. The number of hydrogen-bond donors (Lipinski definition) is 1. The number of carbonyl (C=O) groups excluding carboxylic acids is 1. The van der Waals surface area contributed by atoms with E-state index in [1.165, 1.54) is 6.08 Å². The summed E-state index contributed by atoms with van der Waals surface area (Å²) >= 11 is 0. The van der Waals surface area contributed by atoms with E-state index in [1.807, 2.05) is 18.2 Å². The monoisotopic (exact) mass is 262 g/mol. The molecule has 1 aliphatic heterocycles.